The summed E-state index contributed by atoms with van der Waals surface area (Å²) < 4.78 is 10.4. The molecule has 3 aromatic carbocycles. The first kappa shape index (κ1) is 81.0. The van der Waals surface area contributed by atoms with E-state index >= 15 is 0 Å². The Labute approximate surface area is 718 Å². The average molecular weight is 1650 g/mol. The van der Waals surface area contributed by atoms with Crippen molar-refractivity contribution in [2.24, 2.45) is 23.7 Å². The number of rotatable bonds is 21. The predicted octanol–water partition coefficient (Wildman–Crippen LogP) is 15.3. The first-order valence-corrected chi connectivity index (χ1v) is 44.9. The molecule has 9 aromatic heterocycles. The van der Waals surface area contributed by atoms with Crippen LogP contribution < -0.4 is 42.4 Å². The molecule has 0 amide bonds. The van der Waals surface area contributed by atoms with Gasteiger partial charge in [0, 0.05) is 128 Å². The lowest BCUT2D eigenvalue weighted by Crippen LogP contribution is -2.40. The van der Waals surface area contributed by atoms with Crippen LogP contribution in [0.15, 0.2) is 180 Å². The van der Waals surface area contributed by atoms with E-state index in [9.17, 15) is 14.4 Å². The number of allylic oxidation sites excluding steroid dienone is 3. The van der Waals surface area contributed by atoms with Gasteiger partial charge in [0.25, 0.3) is 16.7 Å². The number of benzene rings is 3. The van der Waals surface area contributed by atoms with Crippen molar-refractivity contribution in [1.29, 1.82) is 0 Å². The molecule has 636 valence electrons. The van der Waals surface area contributed by atoms with Gasteiger partial charge in [-0.3, -0.25) is 19.3 Å². The van der Waals surface area contributed by atoms with Crippen LogP contribution in [0.5, 0.6) is 0 Å². The van der Waals surface area contributed by atoms with Crippen LogP contribution in [0.25, 0.3) is 50.6 Å². The van der Waals surface area contributed by atoms with Crippen LogP contribution in [-0.4, -0.2) is 173 Å². The molecule has 21 rings (SSSR count). The molecule has 123 heavy (non-hydrogen) atoms. The molecule has 6 atom stereocenters. The lowest BCUT2D eigenvalue weighted by Gasteiger charge is -2.35. The Kier molecular flexibility index (Phi) is 22.3. The molecular weight excluding hydrogens is 1540 g/mol. The van der Waals surface area contributed by atoms with Crippen molar-refractivity contribution < 1.29 is 0 Å². The maximum atomic E-state index is 13.4. The Morgan fingerprint density at radius 1 is 0.455 bits per heavy atom. The minimum atomic E-state index is -0.154. The van der Waals surface area contributed by atoms with Crippen LogP contribution in [0, 0.1) is 23.7 Å². The lowest BCUT2D eigenvalue weighted by molar-refractivity contribution is 0.149. The molecule has 0 radical (unpaired) electrons. The molecule has 4 saturated heterocycles. The molecule has 12 aromatic rings. The van der Waals surface area contributed by atoms with E-state index in [1.807, 2.05) is 32.2 Å². The third-order valence-corrected chi connectivity index (χ3v) is 28.2. The average Bonchev–Trinajstić information content (AvgIpc) is 1.58. The second-order valence-corrected chi connectivity index (χ2v) is 36.8. The van der Waals surface area contributed by atoms with Gasteiger partial charge in [-0.1, -0.05) is 89.6 Å². The van der Waals surface area contributed by atoms with E-state index in [4.69, 9.17) is 29.9 Å². The normalized spacial score (nSPS) is 22.0. The molecule has 13 heterocycles. The summed E-state index contributed by atoms with van der Waals surface area (Å²) >= 11 is 0. The first-order chi connectivity index (χ1) is 59.8. The van der Waals surface area contributed by atoms with Crippen molar-refractivity contribution in [3.8, 4) is 17.5 Å². The van der Waals surface area contributed by atoms with Gasteiger partial charge in [-0.15, -0.1) is 19.7 Å². The van der Waals surface area contributed by atoms with Crippen LogP contribution in [0.3, 0.4) is 0 Å². The minimum absolute atomic E-state index is 0.0182. The standard InChI is InChI=1S/C33H38N8O.C33H41N7O.C31H36N8O/c1-3-15-40-32(42)28-16-34-33(37-31(28)41(40)29-14-9-22-8-7-21(2)30(22)36-29)35-25-10-12-27(13-11-25)39-19-23-17-38(18-24(23)20-39)26-5-4-6-26;1-6-20-39-31(41)27-21-34-32(35-25-14-9-22(10-15-25)23-11-16-26(17-12-23)38(4)5)37-30(27)40(39)28-18-13-24-8-7-19-33(2,3)29(24)36-28;1-4-14-38-30(40)26-15-32-31(35-29(26)39(38)27-13-8-21-7-6-20(3)28(21)34-27)33-24-9-11-25(12-10-24)37-18-22-16-36(5-2)17-23(22)19-37/h3,9-14,16,21,23-24,26H,1,4-8,15,17-20H2,2H3,(H,34,35,37);6,9-10,13-15,18,21,23,26H,1,7-8,11-12,16-17,19-20H2,2-5H3,(H,34,35,37);4,8-13,15,20,22-23H,1,5-7,14,16-19H2,2-3H3,(H,32,33,35)/t21?,23-,24+;;20?,22-,23+. The third kappa shape index (κ3) is 15.8. The fraction of sp³-hybridized carbons (Fsp3) is 0.443. The number of fused-ring (bicyclic) bond motifs is 8. The lowest BCUT2D eigenvalue weighted by atomic mass is 9.76. The highest BCUT2D eigenvalue weighted by molar-refractivity contribution is 5.80. The molecule has 3 N–H and O–H groups in total. The highest BCUT2D eigenvalue weighted by Gasteiger charge is 2.44. The molecule has 26 nitrogen and oxygen atoms in total. The highest BCUT2D eigenvalue weighted by Crippen LogP contribution is 2.43. The summed E-state index contributed by atoms with van der Waals surface area (Å²) in [5.74, 6) is 7.93. The van der Waals surface area contributed by atoms with Gasteiger partial charge in [-0.25, -0.2) is 58.0 Å². The summed E-state index contributed by atoms with van der Waals surface area (Å²) in [5, 5.41) is 11.4. The van der Waals surface area contributed by atoms with Gasteiger partial charge < -0.3 is 35.6 Å². The number of pyridine rings is 3. The van der Waals surface area contributed by atoms with Gasteiger partial charge in [0.05, 0.1) is 25.3 Å². The maximum Gasteiger partial charge on any atom is 0.278 e. The predicted molar refractivity (Wildman–Crippen MR) is 490 cm³/mol. The molecule has 2 saturated carbocycles. The Balaban J connectivity index is 0.000000121. The molecule has 26 heteroatoms. The van der Waals surface area contributed by atoms with E-state index in [0.29, 0.717) is 112 Å². The molecule has 0 bridgehead atoms. The van der Waals surface area contributed by atoms with Crippen LogP contribution in [-0.2, 0) is 44.3 Å². The molecule has 5 aliphatic carbocycles. The maximum absolute atomic E-state index is 13.4. The van der Waals surface area contributed by atoms with E-state index in [1.54, 1.807) is 50.9 Å². The molecule has 2 unspecified atom stereocenters. The first-order valence-electron chi connectivity index (χ1n) is 44.9. The van der Waals surface area contributed by atoms with Gasteiger partial charge in [-0.05, 0) is 247 Å². The number of hydrogen-bond donors (Lipinski definition) is 3. The van der Waals surface area contributed by atoms with Crippen LogP contribution in [0.4, 0.5) is 46.3 Å². The number of aryl methyl sites for hydroxylation is 3. The van der Waals surface area contributed by atoms with Crippen molar-refractivity contribution in [2.45, 2.75) is 179 Å². The molecule has 0 spiro atoms. The van der Waals surface area contributed by atoms with Crippen LogP contribution in [0.1, 0.15) is 162 Å². The smallest absolute Gasteiger partial charge is 0.278 e. The molecule has 6 fully saturated rings. The van der Waals surface area contributed by atoms with Gasteiger partial charge in [-0.2, -0.15) is 15.0 Å². The summed E-state index contributed by atoms with van der Waals surface area (Å²) in [4.78, 5) is 95.8. The Hall–Kier alpha value is -11.7. The highest BCUT2D eigenvalue weighted by atomic mass is 16.1. The van der Waals surface area contributed by atoms with E-state index in [1.165, 1.54) is 105 Å². The number of nitrogens with zero attached hydrogens (tertiary/aromatic N) is 20. The Morgan fingerprint density at radius 2 is 0.862 bits per heavy atom. The SMILES string of the molecule is C=CCn1c(=O)c2cnc(Nc3ccc(C4CCC(N(C)C)CC4)cc3)nc2n1-c1ccc2c(n1)C(C)(C)CCC2.C=CCn1c(=O)c2cnc(Nc3ccc(N4C[C@@H]5CN(C6CCC6)C[C@@H]5C4)cc3)nc2n1-c1ccc2c(n1)C(C)CC2.C=CCn1c(=O)c2cnc(Nc3ccc(N4C[C@H]5CN(CC)C[C@H]5C4)cc3)nc2n1-c1ccc2c(n1)C(C)CC2. The van der Waals surface area contributed by atoms with E-state index < -0.39 is 0 Å². The topological polar surface area (TPSA) is 249 Å². The zero-order valence-corrected chi connectivity index (χ0v) is 72.2. The summed E-state index contributed by atoms with van der Waals surface area (Å²) in [5.41, 5.74) is 14.9. The van der Waals surface area contributed by atoms with E-state index in [2.05, 4.69) is 215 Å². The van der Waals surface area contributed by atoms with Crippen molar-refractivity contribution in [2.75, 3.05) is 98.7 Å². The fourth-order valence-electron chi connectivity index (χ4n) is 21.1. The Morgan fingerprint density at radius 3 is 1.26 bits per heavy atom. The van der Waals surface area contributed by atoms with Crippen molar-refractivity contribution in [3.05, 3.63) is 236 Å². The second kappa shape index (κ2) is 33.8. The number of nitrogens with one attached hydrogen (secondary N) is 3. The third-order valence-electron chi connectivity index (χ3n) is 28.2. The summed E-state index contributed by atoms with van der Waals surface area (Å²) in [6, 6.07) is 39.7. The minimum Gasteiger partial charge on any atom is -0.371 e. The zero-order valence-electron chi connectivity index (χ0n) is 72.2. The summed E-state index contributed by atoms with van der Waals surface area (Å²) in [6.45, 7) is 34.5. The fourth-order valence-corrected chi connectivity index (χ4v) is 21.1. The van der Waals surface area contributed by atoms with Crippen molar-refractivity contribution in [3.63, 3.8) is 0 Å². The van der Waals surface area contributed by atoms with Crippen LogP contribution >= 0.6 is 0 Å². The second-order valence-electron chi connectivity index (χ2n) is 36.8. The monoisotopic (exact) mass is 1650 g/mol. The number of anilines is 8. The van der Waals surface area contributed by atoms with Gasteiger partial charge in [0.1, 0.15) is 16.2 Å². The zero-order chi connectivity index (χ0) is 84.5. The number of aromatic nitrogens is 15. The van der Waals surface area contributed by atoms with E-state index in [-0.39, 0.29) is 22.1 Å². The van der Waals surface area contributed by atoms with Gasteiger partial charge in [0.2, 0.25) is 17.8 Å². The number of likely N-dealkylation sites (tertiary alicyclic amines) is 2. The largest absolute Gasteiger partial charge is 0.371 e. The van der Waals surface area contributed by atoms with E-state index in [0.717, 1.165) is 142 Å². The van der Waals surface area contributed by atoms with Crippen LogP contribution in [0.2, 0.25) is 0 Å². The molecule has 9 aliphatic rings. The van der Waals surface area contributed by atoms with Gasteiger partial charge >= 0.3 is 0 Å². The molecule has 4 aliphatic heterocycles. The Bertz CT molecular complexity index is 6130. The van der Waals surface area contributed by atoms with Gasteiger partial charge in [0.15, 0.2) is 34.4 Å². The summed E-state index contributed by atoms with van der Waals surface area (Å²) in [6.07, 6.45) is 26.7. The number of hydrogen-bond acceptors (Lipinski definition) is 20. The quantitative estimate of drug-likeness (QED) is 0.0566. The molecular formula is C97H115N23O3. The summed E-state index contributed by atoms with van der Waals surface area (Å²) in [7, 11) is 4.37. The van der Waals surface area contributed by atoms with Crippen molar-refractivity contribution in [1.82, 2.24) is 87.6 Å². The van der Waals surface area contributed by atoms with Crippen molar-refractivity contribution >= 4 is 79.4 Å².